The van der Waals surface area contributed by atoms with Crippen molar-refractivity contribution in [1.29, 1.82) is 0 Å². The van der Waals surface area contributed by atoms with Crippen LogP contribution in [-0.4, -0.2) is 24.2 Å². The number of hydrazone groups is 1. The monoisotopic (exact) mass is 441 g/mol. The third kappa shape index (κ3) is 4.14. The van der Waals surface area contributed by atoms with Crippen LogP contribution in [0, 0.1) is 6.92 Å². The number of fused-ring (bicyclic) bond motifs is 1. The Kier molecular flexibility index (Phi) is 5.94. The van der Waals surface area contributed by atoms with Gasteiger partial charge in [0, 0.05) is 27.8 Å². The quantitative estimate of drug-likeness (QED) is 0.493. The van der Waals surface area contributed by atoms with Crippen molar-refractivity contribution >= 4 is 33.7 Å². The van der Waals surface area contributed by atoms with Gasteiger partial charge in [-0.2, -0.15) is 5.10 Å². The molecule has 1 atom stereocenters. The number of benzene rings is 2. The van der Waals surface area contributed by atoms with Crippen molar-refractivity contribution in [2.45, 2.75) is 52.5 Å². The number of nitrogens with zero attached hydrogens (tertiary/aromatic N) is 2. The number of carbonyl (C=O) groups is 1. The summed E-state index contributed by atoms with van der Waals surface area (Å²) in [7, 11) is 0. The van der Waals surface area contributed by atoms with E-state index in [0.717, 1.165) is 28.6 Å². The van der Waals surface area contributed by atoms with Gasteiger partial charge in [-0.15, -0.1) is 0 Å². The minimum absolute atomic E-state index is 0.154. The van der Waals surface area contributed by atoms with Gasteiger partial charge >= 0.3 is 0 Å². The standard InChI is InChI=1S/C23H28BrN3O/c1-6-27-21-10-15(2)18(12-20(21)16(3)13-23(27,4)5)14-25-26-22(28)17-8-7-9-19(24)11-17/h7-12,14,16H,6,13H2,1-5H3,(H,26,28)/b25-14+. The molecule has 0 aliphatic carbocycles. The van der Waals surface area contributed by atoms with Crippen LogP contribution in [0.2, 0.25) is 0 Å². The molecule has 2 aromatic rings. The third-order valence-electron chi connectivity index (χ3n) is 5.55. The largest absolute Gasteiger partial charge is 0.366 e. The lowest BCUT2D eigenvalue weighted by Crippen LogP contribution is -2.48. The lowest BCUT2D eigenvalue weighted by molar-refractivity contribution is 0.0955. The summed E-state index contributed by atoms with van der Waals surface area (Å²) in [6.45, 7) is 12.2. The fourth-order valence-corrected chi connectivity index (χ4v) is 4.64. The Labute approximate surface area is 176 Å². The molecular formula is C23H28BrN3O. The summed E-state index contributed by atoms with van der Waals surface area (Å²) in [5.74, 6) is 0.261. The second-order valence-corrected chi connectivity index (χ2v) is 9.05. The van der Waals surface area contributed by atoms with Crippen LogP contribution in [0.15, 0.2) is 46.0 Å². The van der Waals surface area contributed by atoms with Gasteiger partial charge in [0.05, 0.1) is 6.21 Å². The number of hydrogen-bond donors (Lipinski definition) is 1. The molecule has 4 nitrogen and oxygen atoms in total. The molecule has 148 valence electrons. The molecule has 1 heterocycles. The fourth-order valence-electron chi connectivity index (χ4n) is 4.24. The molecule has 0 radical (unpaired) electrons. The van der Waals surface area contributed by atoms with Crippen LogP contribution >= 0.6 is 15.9 Å². The zero-order chi connectivity index (χ0) is 20.5. The lowest BCUT2D eigenvalue weighted by atomic mass is 9.79. The Balaban J connectivity index is 1.83. The third-order valence-corrected chi connectivity index (χ3v) is 6.04. The normalized spacial score (nSPS) is 18.2. The average Bonchev–Trinajstić information content (AvgIpc) is 2.62. The topological polar surface area (TPSA) is 44.7 Å². The van der Waals surface area contributed by atoms with Gasteiger partial charge in [-0.05, 0) is 87.1 Å². The van der Waals surface area contributed by atoms with Crippen molar-refractivity contribution in [3.63, 3.8) is 0 Å². The fraction of sp³-hybridized carbons (Fsp3) is 0.391. The Morgan fingerprint density at radius 2 is 2.11 bits per heavy atom. The molecule has 3 rings (SSSR count). The first-order chi connectivity index (χ1) is 13.2. The Morgan fingerprint density at radius 1 is 1.36 bits per heavy atom. The highest BCUT2D eigenvalue weighted by molar-refractivity contribution is 9.10. The molecule has 1 amide bonds. The SMILES string of the molecule is CCN1c2cc(C)c(/C=N/NC(=O)c3cccc(Br)c3)cc2C(C)CC1(C)C. The zero-order valence-corrected chi connectivity index (χ0v) is 18.8. The molecule has 0 aromatic heterocycles. The Morgan fingerprint density at radius 3 is 2.79 bits per heavy atom. The van der Waals surface area contributed by atoms with E-state index in [1.807, 2.05) is 12.1 Å². The first-order valence-electron chi connectivity index (χ1n) is 9.74. The van der Waals surface area contributed by atoms with Gasteiger partial charge in [-0.1, -0.05) is 28.9 Å². The van der Waals surface area contributed by atoms with E-state index in [4.69, 9.17) is 0 Å². The van der Waals surface area contributed by atoms with Gasteiger partial charge in [-0.25, -0.2) is 5.43 Å². The minimum atomic E-state index is -0.222. The van der Waals surface area contributed by atoms with E-state index in [-0.39, 0.29) is 11.4 Å². The maximum atomic E-state index is 12.3. The van der Waals surface area contributed by atoms with E-state index in [1.165, 1.54) is 11.3 Å². The van der Waals surface area contributed by atoms with E-state index in [0.29, 0.717) is 11.5 Å². The number of halogens is 1. The summed E-state index contributed by atoms with van der Waals surface area (Å²) in [4.78, 5) is 14.7. The lowest BCUT2D eigenvalue weighted by Gasteiger charge is -2.47. The predicted octanol–water partition coefficient (Wildman–Crippen LogP) is 5.63. The highest BCUT2D eigenvalue weighted by Crippen LogP contribution is 2.43. The van der Waals surface area contributed by atoms with Crippen LogP contribution in [0.1, 0.15) is 67.1 Å². The smallest absolute Gasteiger partial charge is 0.271 e. The van der Waals surface area contributed by atoms with Gasteiger partial charge in [-0.3, -0.25) is 4.79 Å². The van der Waals surface area contributed by atoms with Crippen molar-refractivity contribution < 1.29 is 4.79 Å². The van der Waals surface area contributed by atoms with Crippen LogP contribution in [0.3, 0.4) is 0 Å². The second kappa shape index (κ2) is 8.08. The van der Waals surface area contributed by atoms with Gasteiger partial charge in [0.15, 0.2) is 0 Å². The number of anilines is 1. The van der Waals surface area contributed by atoms with Crippen molar-refractivity contribution in [2.75, 3.05) is 11.4 Å². The van der Waals surface area contributed by atoms with Gasteiger partial charge in [0.25, 0.3) is 5.91 Å². The average molecular weight is 442 g/mol. The zero-order valence-electron chi connectivity index (χ0n) is 17.2. The summed E-state index contributed by atoms with van der Waals surface area (Å²) in [6.07, 6.45) is 2.86. The molecule has 28 heavy (non-hydrogen) atoms. The molecule has 0 saturated heterocycles. The maximum absolute atomic E-state index is 12.3. The van der Waals surface area contributed by atoms with Crippen molar-refractivity contribution in [3.05, 3.63) is 63.1 Å². The molecule has 1 N–H and O–H groups in total. The summed E-state index contributed by atoms with van der Waals surface area (Å²) < 4.78 is 0.868. The van der Waals surface area contributed by atoms with E-state index in [9.17, 15) is 4.79 Å². The van der Waals surface area contributed by atoms with Crippen LogP contribution < -0.4 is 10.3 Å². The summed E-state index contributed by atoms with van der Waals surface area (Å²) in [5.41, 5.74) is 8.22. The van der Waals surface area contributed by atoms with E-state index >= 15 is 0 Å². The van der Waals surface area contributed by atoms with Crippen LogP contribution in [0.5, 0.6) is 0 Å². The van der Waals surface area contributed by atoms with Crippen LogP contribution in [0.4, 0.5) is 5.69 Å². The number of rotatable bonds is 4. The molecule has 5 heteroatoms. The number of carbonyl (C=O) groups excluding carboxylic acids is 1. The number of hydrogen-bond acceptors (Lipinski definition) is 3. The van der Waals surface area contributed by atoms with E-state index in [1.54, 1.807) is 18.3 Å². The van der Waals surface area contributed by atoms with Crippen LogP contribution in [-0.2, 0) is 0 Å². The summed E-state index contributed by atoms with van der Waals surface area (Å²) >= 11 is 3.38. The molecule has 2 aromatic carbocycles. The number of nitrogens with one attached hydrogen (secondary N) is 1. The second-order valence-electron chi connectivity index (χ2n) is 8.14. The van der Waals surface area contributed by atoms with Crippen molar-refractivity contribution in [3.8, 4) is 0 Å². The molecule has 0 bridgehead atoms. The molecule has 0 saturated carbocycles. The molecule has 1 aliphatic heterocycles. The van der Waals surface area contributed by atoms with E-state index < -0.39 is 0 Å². The number of aryl methyl sites for hydroxylation is 1. The predicted molar refractivity (Wildman–Crippen MR) is 121 cm³/mol. The van der Waals surface area contributed by atoms with Crippen LogP contribution in [0.25, 0.3) is 0 Å². The van der Waals surface area contributed by atoms with Gasteiger partial charge in [0.1, 0.15) is 0 Å². The summed E-state index contributed by atoms with van der Waals surface area (Å²) in [6, 6.07) is 11.7. The summed E-state index contributed by atoms with van der Waals surface area (Å²) in [5, 5.41) is 4.20. The maximum Gasteiger partial charge on any atom is 0.271 e. The Bertz CT molecular complexity index is 920. The van der Waals surface area contributed by atoms with Gasteiger partial charge in [0.2, 0.25) is 0 Å². The van der Waals surface area contributed by atoms with Crippen molar-refractivity contribution in [1.82, 2.24) is 5.43 Å². The molecule has 1 unspecified atom stereocenters. The Hall–Kier alpha value is -2.14. The molecule has 0 spiro atoms. The molecule has 1 aliphatic rings. The van der Waals surface area contributed by atoms with Crippen molar-refractivity contribution in [2.24, 2.45) is 5.10 Å². The highest BCUT2D eigenvalue weighted by atomic mass is 79.9. The number of amides is 1. The highest BCUT2D eigenvalue weighted by Gasteiger charge is 2.35. The first kappa shape index (κ1) is 20.6. The van der Waals surface area contributed by atoms with Gasteiger partial charge < -0.3 is 4.90 Å². The van der Waals surface area contributed by atoms with E-state index in [2.05, 4.69) is 78.1 Å². The molecular weight excluding hydrogens is 414 g/mol. The molecule has 0 fully saturated rings. The first-order valence-corrected chi connectivity index (χ1v) is 10.5. The minimum Gasteiger partial charge on any atom is -0.366 e.